The number of hydrogen-bond acceptors (Lipinski definition) is 4. The SMILES string of the molecule is Cc1cccc(NC(=O)c2cc(Nc3ccc(Cl)cc3C)nc(C)n2)c1. The van der Waals surface area contributed by atoms with Gasteiger partial charge in [0, 0.05) is 22.5 Å². The highest BCUT2D eigenvalue weighted by molar-refractivity contribution is 6.30. The molecule has 0 unspecified atom stereocenters. The second-order valence-corrected chi connectivity index (χ2v) is 6.53. The van der Waals surface area contributed by atoms with Crippen LogP contribution >= 0.6 is 11.6 Å². The maximum Gasteiger partial charge on any atom is 0.274 e. The first-order valence-electron chi connectivity index (χ1n) is 8.17. The van der Waals surface area contributed by atoms with Gasteiger partial charge >= 0.3 is 0 Å². The van der Waals surface area contributed by atoms with Crippen molar-refractivity contribution in [2.75, 3.05) is 10.6 Å². The zero-order valence-electron chi connectivity index (χ0n) is 14.8. The number of rotatable bonds is 4. The molecule has 26 heavy (non-hydrogen) atoms. The predicted octanol–water partition coefficient (Wildman–Crippen LogP) is 5.05. The summed E-state index contributed by atoms with van der Waals surface area (Å²) in [5.41, 5.74) is 3.96. The van der Waals surface area contributed by atoms with Crippen molar-refractivity contribution in [3.63, 3.8) is 0 Å². The molecule has 0 atom stereocenters. The quantitative estimate of drug-likeness (QED) is 0.678. The van der Waals surface area contributed by atoms with Crippen molar-refractivity contribution in [2.45, 2.75) is 20.8 Å². The molecule has 0 radical (unpaired) electrons. The maximum absolute atomic E-state index is 12.5. The summed E-state index contributed by atoms with van der Waals surface area (Å²) in [6.45, 7) is 5.68. The van der Waals surface area contributed by atoms with Gasteiger partial charge in [-0.05, 0) is 62.2 Å². The zero-order chi connectivity index (χ0) is 18.7. The van der Waals surface area contributed by atoms with Gasteiger partial charge < -0.3 is 10.6 Å². The molecule has 1 aromatic heterocycles. The number of carbonyl (C=O) groups is 1. The van der Waals surface area contributed by atoms with Crippen molar-refractivity contribution in [2.24, 2.45) is 0 Å². The van der Waals surface area contributed by atoms with Crippen LogP contribution in [0.3, 0.4) is 0 Å². The molecule has 0 saturated carbocycles. The highest BCUT2D eigenvalue weighted by Gasteiger charge is 2.12. The summed E-state index contributed by atoms with van der Waals surface area (Å²) in [4.78, 5) is 21.2. The number of hydrogen-bond donors (Lipinski definition) is 2. The molecule has 0 aliphatic rings. The molecule has 2 N–H and O–H groups in total. The molecule has 2 aromatic carbocycles. The van der Waals surface area contributed by atoms with Crippen LogP contribution in [0.15, 0.2) is 48.5 Å². The summed E-state index contributed by atoms with van der Waals surface area (Å²) in [6.07, 6.45) is 0. The molecule has 0 aliphatic carbocycles. The molecule has 0 aliphatic heterocycles. The third kappa shape index (κ3) is 4.37. The zero-order valence-corrected chi connectivity index (χ0v) is 15.6. The van der Waals surface area contributed by atoms with E-state index in [1.165, 1.54) is 0 Å². The summed E-state index contributed by atoms with van der Waals surface area (Å²) in [5, 5.41) is 6.75. The van der Waals surface area contributed by atoms with Gasteiger partial charge in [0.25, 0.3) is 5.91 Å². The van der Waals surface area contributed by atoms with Crippen molar-refractivity contribution < 1.29 is 4.79 Å². The Balaban J connectivity index is 1.84. The first kappa shape index (κ1) is 17.9. The molecule has 5 nitrogen and oxygen atoms in total. The monoisotopic (exact) mass is 366 g/mol. The van der Waals surface area contributed by atoms with Gasteiger partial charge in [-0.3, -0.25) is 4.79 Å². The van der Waals surface area contributed by atoms with Crippen LogP contribution in [0.1, 0.15) is 27.4 Å². The van der Waals surface area contributed by atoms with E-state index in [0.717, 1.165) is 22.5 Å². The molecule has 1 amide bonds. The van der Waals surface area contributed by atoms with E-state index >= 15 is 0 Å². The highest BCUT2D eigenvalue weighted by atomic mass is 35.5. The maximum atomic E-state index is 12.5. The molecule has 0 bridgehead atoms. The fourth-order valence-corrected chi connectivity index (χ4v) is 2.80. The Bertz CT molecular complexity index is 972. The molecular weight excluding hydrogens is 348 g/mol. The topological polar surface area (TPSA) is 66.9 Å². The van der Waals surface area contributed by atoms with E-state index < -0.39 is 0 Å². The van der Waals surface area contributed by atoms with Gasteiger partial charge in [-0.25, -0.2) is 9.97 Å². The van der Waals surface area contributed by atoms with Gasteiger partial charge in [-0.1, -0.05) is 23.7 Å². The number of amides is 1. The van der Waals surface area contributed by atoms with Gasteiger partial charge in [0.15, 0.2) is 0 Å². The Labute approximate surface area is 157 Å². The molecule has 0 spiro atoms. The lowest BCUT2D eigenvalue weighted by Crippen LogP contribution is -2.15. The second-order valence-electron chi connectivity index (χ2n) is 6.09. The molecule has 6 heteroatoms. The van der Waals surface area contributed by atoms with Gasteiger partial charge in [0.2, 0.25) is 0 Å². The lowest BCUT2D eigenvalue weighted by atomic mass is 10.2. The Hall–Kier alpha value is -2.92. The predicted molar refractivity (Wildman–Crippen MR) is 105 cm³/mol. The summed E-state index contributed by atoms with van der Waals surface area (Å²) in [5.74, 6) is 0.783. The van der Waals surface area contributed by atoms with Crippen LogP contribution in [-0.2, 0) is 0 Å². The van der Waals surface area contributed by atoms with E-state index in [4.69, 9.17) is 11.6 Å². The molecule has 0 fully saturated rings. The van der Waals surface area contributed by atoms with Crippen LogP contribution in [0.2, 0.25) is 5.02 Å². The average molecular weight is 367 g/mol. The fourth-order valence-electron chi connectivity index (χ4n) is 2.57. The van der Waals surface area contributed by atoms with Crippen LogP contribution in [0.5, 0.6) is 0 Å². The molecule has 3 aromatic rings. The Morgan fingerprint density at radius 3 is 2.54 bits per heavy atom. The smallest absolute Gasteiger partial charge is 0.274 e. The minimum Gasteiger partial charge on any atom is -0.340 e. The second kappa shape index (κ2) is 7.54. The number of halogens is 1. The Morgan fingerprint density at radius 1 is 1.00 bits per heavy atom. The average Bonchev–Trinajstić information content (AvgIpc) is 2.57. The molecule has 3 rings (SSSR count). The van der Waals surface area contributed by atoms with Gasteiger partial charge in [0.1, 0.15) is 17.3 Å². The number of anilines is 3. The molecule has 0 saturated heterocycles. The number of carbonyl (C=O) groups excluding carboxylic acids is 1. The highest BCUT2D eigenvalue weighted by Crippen LogP contribution is 2.23. The first-order valence-corrected chi connectivity index (χ1v) is 8.55. The fraction of sp³-hybridized carbons (Fsp3) is 0.150. The molecule has 1 heterocycles. The number of benzene rings is 2. The number of aromatic nitrogens is 2. The van der Waals surface area contributed by atoms with E-state index in [1.54, 1.807) is 19.1 Å². The van der Waals surface area contributed by atoms with Crippen LogP contribution in [0.4, 0.5) is 17.2 Å². The van der Waals surface area contributed by atoms with Crippen LogP contribution in [-0.4, -0.2) is 15.9 Å². The van der Waals surface area contributed by atoms with Crippen LogP contribution in [0.25, 0.3) is 0 Å². The van der Waals surface area contributed by atoms with Crippen molar-refractivity contribution in [1.82, 2.24) is 9.97 Å². The van der Waals surface area contributed by atoms with Gasteiger partial charge in [-0.2, -0.15) is 0 Å². The summed E-state index contributed by atoms with van der Waals surface area (Å²) < 4.78 is 0. The third-order valence-electron chi connectivity index (χ3n) is 3.80. The standard InChI is InChI=1S/C20H19ClN4O/c1-12-5-4-6-16(9-12)24-20(26)18-11-19(23-14(3)22-18)25-17-8-7-15(21)10-13(17)2/h4-11H,1-3H3,(H,24,26)(H,22,23,25). The van der Waals surface area contributed by atoms with Crippen molar-refractivity contribution >= 4 is 34.7 Å². The van der Waals surface area contributed by atoms with Crippen LogP contribution < -0.4 is 10.6 Å². The molecular formula is C20H19ClN4O. The number of nitrogens with one attached hydrogen (secondary N) is 2. The van der Waals surface area contributed by atoms with E-state index in [-0.39, 0.29) is 5.91 Å². The molecule has 132 valence electrons. The summed E-state index contributed by atoms with van der Waals surface area (Å²) in [6, 6.07) is 14.8. The third-order valence-corrected chi connectivity index (χ3v) is 4.03. The van der Waals surface area contributed by atoms with Gasteiger partial charge in [0.05, 0.1) is 0 Å². The van der Waals surface area contributed by atoms with E-state index in [9.17, 15) is 4.79 Å². The van der Waals surface area contributed by atoms with Gasteiger partial charge in [-0.15, -0.1) is 0 Å². The Kier molecular flexibility index (Phi) is 5.19. The number of aryl methyl sites for hydroxylation is 3. The Morgan fingerprint density at radius 2 is 1.81 bits per heavy atom. The largest absolute Gasteiger partial charge is 0.340 e. The first-order chi connectivity index (χ1) is 12.4. The summed E-state index contributed by atoms with van der Waals surface area (Å²) >= 11 is 5.99. The van der Waals surface area contributed by atoms with Crippen molar-refractivity contribution in [3.05, 3.63) is 76.2 Å². The lowest BCUT2D eigenvalue weighted by molar-refractivity contribution is 0.102. The van der Waals surface area contributed by atoms with E-state index in [1.807, 2.05) is 50.2 Å². The lowest BCUT2D eigenvalue weighted by Gasteiger charge is -2.11. The van der Waals surface area contributed by atoms with Crippen molar-refractivity contribution in [3.8, 4) is 0 Å². The normalized spacial score (nSPS) is 10.5. The van der Waals surface area contributed by atoms with Crippen molar-refractivity contribution in [1.29, 1.82) is 0 Å². The minimum absolute atomic E-state index is 0.281. The van der Waals surface area contributed by atoms with E-state index in [0.29, 0.717) is 22.4 Å². The van der Waals surface area contributed by atoms with E-state index in [2.05, 4.69) is 20.6 Å². The van der Waals surface area contributed by atoms with Crippen LogP contribution in [0, 0.1) is 20.8 Å². The number of nitrogens with zero attached hydrogens (tertiary/aromatic N) is 2. The summed E-state index contributed by atoms with van der Waals surface area (Å²) in [7, 11) is 0. The minimum atomic E-state index is -0.281.